The first-order valence-electron chi connectivity index (χ1n) is 5.15. The zero-order chi connectivity index (χ0) is 11.1. The summed E-state index contributed by atoms with van der Waals surface area (Å²) in [7, 11) is 1.56. The molecule has 15 heavy (non-hydrogen) atoms. The third-order valence-electron chi connectivity index (χ3n) is 2.11. The molecule has 84 valence electrons. The maximum atomic E-state index is 9.39. The summed E-state index contributed by atoms with van der Waals surface area (Å²) in [6.07, 6.45) is 0.415. The predicted octanol–water partition coefficient (Wildman–Crippen LogP) is 1.64. The fraction of sp³-hybridized carbons (Fsp3) is 0.500. The minimum atomic E-state index is -0.569. The molecule has 0 radical (unpaired) electrons. The van der Waals surface area contributed by atoms with E-state index >= 15 is 0 Å². The SMILES string of the molecule is CCc1cccc(OCC(O)COC)c1. The smallest absolute Gasteiger partial charge is 0.119 e. The third-order valence-corrected chi connectivity index (χ3v) is 2.11. The highest BCUT2D eigenvalue weighted by molar-refractivity contribution is 5.28. The minimum Gasteiger partial charge on any atom is -0.491 e. The molecule has 0 heterocycles. The molecule has 0 aromatic heterocycles. The summed E-state index contributed by atoms with van der Waals surface area (Å²) in [4.78, 5) is 0. The van der Waals surface area contributed by atoms with Crippen molar-refractivity contribution in [1.82, 2.24) is 0 Å². The van der Waals surface area contributed by atoms with Crippen LogP contribution in [0.25, 0.3) is 0 Å². The molecule has 3 heteroatoms. The van der Waals surface area contributed by atoms with Gasteiger partial charge in [-0.05, 0) is 24.1 Å². The maximum Gasteiger partial charge on any atom is 0.119 e. The van der Waals surface area contributed by atoms with E-state index in [1.807, 2.05) is 18.2 Å². The summed E-state index contributed by atoms with van der Waals surface area (Å²) in [6.45, 7) is 2.66. The molecule has 0 aliphatic rings. The van der Waals surface area contributed by atoms with Crippen LogP contribution in [0.5, 0.6) is 5.75 Å². The lowest BCUT2D eigenvalue weighted by Crippen LogP contribution is -2.22. The summed E-state index contributed by atoms with van der Waals surface area (Å²) >= 11 is 0. The van der Waals surface area contributed by atoms with Gasteiger partial charge in [0, 0.05) is 7.11 Å². The lowest BCUT2D eigenvalue weighted by Gasteiger charge is -2.11. The Morgan fingerprint density at radius 2 is 2.13 bits per heavy atom. The van der Waals surface area contributed by atoms with Crippen molar-refractivity contribution < 1.29 is 14.6 Å². The van der Waals surface area contributed by atoms with Gasteiger partial charge in [0.05, 0.1) is 6.61 Å². The van der Waals surface area contributed by atoms with Gasteiger partial charge < -0.3 is 14.6 Å². The van der Waals surface area contributed by atoms with Crippen LogP contribution in [0.2, 0.25) is 0 Å². The van der Waals surface area contributed by atoms with Gasteiger partial charge in [-0.1, -0.05) is 19.1 Å². The Bertz CT molecular complexity index is 286. The molecule has 0 fully saturated rings. The Morgan fingerprint density at radius 1 is 1.33 bits per heavy atom. The summed E-state index contributed by atoms with van der Waals surface area (Å²) < 4.78 is 10.2. The molecule has 0 aliphatic carbocycles. The zero-order valence-electron chi connectivity index (χ0n) is 9.27. The molecular weight excluding hydrogens is 192 g/mol. The quantitative estimate of drug-likeness (QED) is 0.775. The average molecular weight is 210 g/mol. The number of ether oxygens (including phenoxy) is 2. The van der Waals surface area contributed by atoms with Gasteiger partial charge in [-0.3, -0.25) is 0 Å². The third kappa shape index (κ3) is 4.32. The van der Waals surface area contributed by atoms with Crippen molar-refractivity contribution in [2.75, 3.05) is 20.3 Å². The second-order valence-electron chi connectivity index (χ2n) is 3.42. The fourth-order valence-corrected chi connectivity index (χ4v) is 1.29. The molecule has 0 amide bonds. The first-order chi connectivity index (χ1) is 7.26. The van der Waals surface area contributed by atoms with Crippen LogP contribution in [0.1, 0.15) is 12.5 Å². The first-order valence-corrected chi connectivity index (χ1v) is 5.15. The number of benzene rings is 1. The van der Waals surface area contributed by atoms with Crippen LogP contribution in [0, 0.1) is 0 Å². The molecule has 0 bridgehead atoms. The van der Waals surface area contributed by atoms with Crippen molar-refractivity contribution in [3.63, 3.8) is 0 Å². The van der Waals surface area contributed by atoms with E-state index in [0.717, 1.165) is 12.2 Å². The van der Waals surface area contributed by atoms with Crippen LogP contribution in [0.15, 0.2) is 24.3 Å². The van der Waals surface area contributed by atoms with Crippen molar-refractivity contribution in [1.29, 1.82) is 0 Å². The van der Waals surface area contributed by atoms with E-state index in [2.05, 4.69) is 13.0 Å². The van der Waals surface area contributed by atoms with Gasteiger partial charge in [-0.15, -0.1) is 0 Å². The van der Waals surface area contributed by atoms with E-state index in [-0.39, 0.29) is 6.61 Å². The molecule has 1 atom stereocenters. The fourth-order valence-electron chi connectivity index (χ4n) is 1.29. The first kappa shape index (κ1) is 12.0. The maximum absolute atomic E-state index is 9.39. The van der Waals surface area contributed by atoms with Gasteiger partial charge in [0.2, 0.25) is 0 Å². The molecule has 1 N–H and O–H groups in total. The molecule has 0 saturated carbocycles. The predicted molar refractivity (Wildman–Crippen MR) is 59.2 cm³/mol. The average Bonchev–Trinajstić information content (AvgIpc) is 2.27. The topological polar surface area (TPSA) is 38.7 Å². The largest absolute Gasteiger partial charge is 0.491 e. The van der Waals surface area contributed by atoms with Gasteiger partial charge in [0.25, 0.3) is 0 Å². The summed E-state index contributed by atoms with van der Waals surface area (Å²) in [6, 6.07) is 7.88. The number of aliphatic hydroxyl groups is 1. The molecule has 1 rings (SSSR count). The molecule has 1 unspecified atom stereocenters. The van der Waals surface area contributed by atoms with Gasteiger partial charge in [-0.25, -0.2) is 0 Å². The zero-order valence-corrected chi connectivity index (χ0v) is 9.27. The summed E-state index contributed by atoms with van der Waals surface area (Å²) in [5, 5.41) is 9.39. The number of methoxy groups -OCH3 is 1. The Hall–Kier alpha value is -1.06. The Labute approximate surface area is 90.6 Å². The van der Waals surface area contributed by atoms with Crippen molar-refractivity contribution in [2.45, 2.75) is 19.4 Å². The van der Waals surface area contributed by atoms with E-state index in [1.165, 1.54) is 5.56 Å². The number of aliphatic hydroxyl groups excluding tert-OH is 1. The highest BCUT2D eigenvalue weighted by Gasteiger charge is 2.04. The van der Waals surface area contributed by atoms with Crippen molar-refractivity contribution in [2.24, 2.45) is 0 Å². The molecule has 1 aromatic rings. The number of hydrogen-bond donors (Lipinski definition) is 1. The summed E-state index contributed by atoms with van der Waals surface area (Å²) in [5.41, 5.74) is 1.23. The van der Waals surface area contributed by atoms with Crippen molar-refractivity contribution >= 4 is 0 Å². The van der Waals surface area contributed by atoms with Crippen LogP contribution in [0.4, 0.5) is 0 Å². The second kappa shape index (κ2) is 6.43. The Kier molecular flexibility index (Phi) is 5.15. The van der Waals surface area contributed by atoms with Gasteiger partial charge in [0.15, 0.2) is 0 Å². The van der Waals surface area contributed by atoms with E-state index in [1.54, 1.807) is 7.11 Å². The number of hydrogen-bond acceptors (Lipinski definition) is 3. The van der Waals surface area contributed by atoms with E-state index in [0.29, 0.717) is 6.61 Å². The van der Waals surface area contributed by atoms with Crippen LogP contribution in [0.3, 0.4) is 0 Å². The van der Waals surface area contributed by atoms with Crippen LogP contribution in [-0.4, -0.2) is 31.5 Å². The van der Waals surface area contributed by atoms with Crippen LogP contribution < -0.4 is 4.74 Å². The summed E-state index contributed by atoms with van der Waals surface area (Å²) in [5.74, 6) is 0.796. The highest BCUT2D eigenvalue weighted by Crippen LogP contribution is 2.13. The molecule has 1 aromatic carbocycles. The van der Waals surface area contributed by atoms with Gasteiger partial charge in [0.1, 0.15) is 18.5 Å². The molecule has 0 saturated heterocycles. The van der Waals surface area contributed by atoms with Gasteiger partial charge in [-0.2, -0.15) is 0 Å². The van der Waals surface area contributed by atoms with E-state index < -0.39 is 6.10 Å². The van der Waals surface area contributed by atoms with E-state index in [9.17, 15) is 5.11 Å². The van der Waals surface area contributed by atoms with Crippen LogP contribution >= 0.6 is 0 Å². The molecular formula is C12H18O3. The van der Waals surface area contributed by atoms with Crippen molar-refractivity contribution in [3.8, 4) is 5.75 Å². The number of aryl methyl sites for hydroxylation is 1. The highest BCUT2D eigenvalue weighted by atomic mass is 16.5. The normalized spacial score (nSPS) is 12.5. The lowest BCUT2D eigenvalue weighted by molar-refractivity contribution is 0.0325. The van der Waals surface area contributed by atoms with Crippen LogP contribution in [-0.2, 0) is 11.2 Å². The monoisotopic (exact) mass is 210 g/mol. The standard InChI is InChI=1S/C12H18O3/c1-3-10-5-4-6-12(7-10)15-9-11(13)8-14-2/h4-7,11,13H,3,8-9H2,1-2H3. The van der Waals surface area contributed by atoms with Crippen molar-refractivity contribution in [3.05, 3.63) is 29.8 Å². The molecule has 0 spiro atoms. The second-order valence-corrected chi connectivity index (χ2v) is 3.42. The van der Waals surface area contributed by atoms with E-state index in [4.69, 9.17) is 9.47 Å². The Morgan fingerprint density at radius 3 is 2.80 bits per heavy atom. The lowest BCUT2D eigenvalue weighted by atomic mass is 10.2. The van der Waals surface area contributed by atoms with Gasteiger partial charge >= 0.3 is 0 Å². The minimum absolute atomic E-state index is 0.265. The number of rotatable bonds is 6. The Balaban J connectivity index is 2.43. The molecule has 3 nitrogen and oxygen atoms in total. The molecule has 0 aliphatic heterocycles.